The highest BCUT2D eigenvalue weighted by Gasteiger charge is 2.13. The Bertz CT molecular complexity index is 568. The second-order valence-electron chi connectivity index (χ2n) is 3.39. The van der Waals surface area contributed by atoms with E-state index in [0.29, 0.717) is 0 Å². The molecule has 92 valence electrons. The van der Waals surface area contributed by atoms with E-state index in [1.165, 1.54) is 30.3 Å². The van der Waals surface area contributed by atoms with Gasteiger partial charge in [-0.1, -0.05) is 17.7 Å². The second kappa shape index (κ2) is 4.97. The number of para-hydroxylation sites is 1. The summed E-state index contributed by atoms with van der Waals surface area (Å²) in [4.78, 5) is 11.8. The molecule has 2 rings (SSSR count). The van der Waals surface area contributed by atoms with Crippen LogP contribution < -0.4 is 11.1 Å². The predicted octanol–water partition coefficient (Wildman–Crippen LogP) is 2.10. The van der Waals surface area contributed by atoms with E-state index in [2.05, 4.69) is 15.5 Å². The van der Waals surface area contributed by atoms with Crippen LogP contribution in [0.3, 0.4) is 0 Å². The zero-order chi connectivity index (χ0) is 13.1. The summed E-state index contributed by atoms with van der Waals surface area (Å²) in [5, 5.41) is 9.54. The van der Waals surface area contributed by atoms with Crippen molar-refractivity contribution in [2.75, 3.05) is 11.1 Å². The number of hydrogen-bond donors (Lipinski definition) is 2. The topological polar surface area (TPSA) is 80.9 Å². The van der Waals surface area contributed by atoms with Crippen molar-refractivity contribution >= 4 is 29.0 Å². The Morgan fingerprint density at radius 1 is 1.28 bits per heavy atom. The summed E-state index contributed by atoms with van der Waals surface area (Å²) in [6.45, 7) is 0. The van der Waals surface area contributed by atoms with Gasteiger partial charge in [0.05, 0.1) is 10.7 Å². The van der Waals surface area contributed by atoms with Gasteiger partial charge in [0.15, 0.2) is 5.69 Å². The van der Waals surface area contributed by atoms with E-state index in [1.807, 2.05) is 0 Å². The SMILES string of the molecule is Nc1ccc(C(=O)Nc2c(F)cccc2Cl)nn1. The molecule has 7 heteroatoms. The minimum atomic E-state index is -0.626. The third-order valence-electron chi connectivity index (χ3n) is 2.12. The summed E-state index contributed by atoms with van der Waals surface area (Å²) < 4.78 is 13.4. The largest absolute Gasteiger partial charge is 0.382 e. The van der Waals surface area contributed by atoms with Crippen LogP contribution >= 0.6 is 11.6 Å². The molecule has 0 spiro atoms. The molecule has 0 saturated carbocycles. The van der Waals surface area contributed by atoms with Crippen molar-refractivity contribution in [3.63, 3.8) is 0 Å². The monoisotopic (exact) mass is 266 g/mol. The van der Waals surface area contributed by atoms with Gasteiger partial charge in [-0.3, -0.25) is 4.79 Å². The zero-order valence-electron chi connectivity index (χ0n) is 9.02. The molecule has 5 nitrogen and oxygen atoms in total. The molecule has 1 amide bonds. The van der Waals surface area contributed by atoms with Gasteiger partial charge in [-0.2, -0.15) is 0 Å². The van der Waals surface area contributed by atoms with Crippen LogP contribution in [-0.2, 0) is 0 Å². The van der Waals surface area contributed by atoms with Crippen molar-refractivity contribution in [1.29, 1.82) is 0 Å². The Hall–Kier alpha value is -2.21. The van der Waals surface area contributed by atoms with E-state index in [0.717, 1.165) is 0 Å². The number of nitrogens with one attached hydrogen (secondary N) is 1. The highest BCUT2D eigenvalue weighted by atomic mass is 35.5. The van der Waals surface area contributed by atoms with Crippen molar-refractivity contribution in [1.82, 2.24) is 10.2 Å². The maximum absolute atomic E-state index is 13.4. The fourth-order valence-corrected chi connectivity index (χ4v) is 1.47. The van der Waals surface area contributed by atoms with Gasteiger partial charge in [0.1, 0.15) is 11.6 Å². The number of hydrogen-bond acceptors (Lipinski definition) is 4. The summed E-state index contributed by atoms with van der Waals surface area (Å²) >= 11 is 5.78. The van der Waals surface area contributed by atoms with Crippen LogP contribution in [0.15, 0.2) is 30.3 Å². The zero-order valence-corrected chi connectivity index (χ0v) is 9.78. The van der Waals surface area contributed by atoms with Crippen LogP contribution in [-0.4, -0.2) is 16.1 Å². The number of anilines is 2. The third kappa shape index (κ3) is 2.54. The molecule has 1 aromatic carbocycles. The number of carbonyl (C=O) groups is 1. The van der Waals surface area contributed by atoms with E-state index in [1.54, 1.807) is 0 Å². The van der Waals surface area contributed by atoms with Gasteiger partial charge in [0, 0.05) is 0 Å². The lowest BCUT2D eigenvalue weighted by Gasteiger charge is -2.07. The Balaban J connectivity index is 2.24. The van der Waals surface area contributed by atoms with Crippen LogP contribution in [0.4, 0.5) is 15.9 Å². The maximum atomic E-state index is 13.4. The normalized spacial score (nSPS) is 10.1. The third-order valence-corrected chi connectivity index (χ3v) is 2.43. The predicted molar refractivity (Wildman–Crippen MR) is 65.8 cm³/mol. The first-order chi connectivity index (χ1) is 8.58. The highest BCUT2D eigenvalue weighted by Crippen LogP contribution is 2.24. The molecule has 0 aliphatic carbocycles. The first-order valence-electron chi connectivity index (χ1n) is 4.92. The Kier molecular flexibility index (Phi) is 3.38. The molecule has 2 aromatic rings. The van der Waals surface area contributed by atoms with Crippen LogP contribution in [0.25, 0.3) is 0 Å². The Labute approximate surface area is 107 Å². The minimum absolute atomic E-state index is 0.0171. The highest BCUT2D eigenvalue weighted by molar-refractivity contribution is 6.33. The summed E-state index contributed by atoms with van der Waals surface area (Å²) in [5.41, 5.74) is 5.26. The molecule has 0 atom stereocenters. The molecule has 3 N–H and O–H groups in total. The van der Waals surface area contributed by atoms with Crippen molar-refractivity contribution < 1.29 is 9.18 Å². The molecule has 0 aliphatic heterocycles. The molecule has 0 aliphatic rings. The molecule has 0 unspecified atom stereocenters. The molecule has 0 bridgehead atoms. The van der Waals surface area contributed by atoms with Crippen molar-refractivity contribution in [2.24, 2.45) is 0 Å². The number of benzene rings is 1. The van der Waals surface area contributed by atoms with Gasteiger partial charge in [-0.15, -0.1) is 10.2 Å². The number of nitrogens with two attached hydrogens (primary N) is 1. The lowest BCUT2D eigenvalue weighted by molar-refractivity contribution is 0.102. The maximum Gasteiger partial charge on any atom is 0.276 e. The average Bonchev–Trinajstić information content (AvgIpc) is 2.34. The lowest BCUT2D eigenvalue weighted by Crippen LogP contribution is -2.15. The van der Waals surface area contributed by atoms with E-state index >= 15 is 0 Å². The molecular weight excluding hydrogens is 259 g/mol. The number of carbonyl (C=O) groups excluding carboxylic acids is 1. The summed E-state index contributed by atoms with van der Waals surface area (Å²) in [7, 11) is 0. The van der Waals surface area contributed by atoms with Gasteiger partial charge in [-0.05, 0) is 24.3 Å². The molecule has 0 fully saturated rings. The minimum Gasteiger partial charge on any atom is -0.382 e. The second-order valence-corrected chi connectivity index (χ2v) is 3.80. The van der Waals surface area contributed by atoms with E-state index < -0.39 is 11.7 Å². The quantitative estimate of drug-likeness (QED) is 0.872. The number of aromatic nitrogens is 2. The Morgan fingerprint density at radius 3 is 2.67 bits per heavy atom. The van der Waals surface area contributed by atoms with Gasteiger partial charge in [0.25, 0.3) is 5.91 Å². The molecular formula is C11H8ClFN4O. The molecule has 0 radical (unpaired) electrons. The van der Waals surface area contributed by atoms with Crippen LogP contribution in [0, 0.1) is 5.82 Å². The van der Waals surface area contributed by atoms with E-state index in [9.17, 15) is 9.18 Å². The molecule has 0 saturated heterocycles. The molecule has 1 aromatic heterocycles. The van der Waals surface area contributed by atoms with Crippen molar-refractivity contribution in [3.8, 4) is 0 Å². The standard InChI is InChI=1S/C11H8ClFN4O/c12-6-2-1-3-7(13)10(6)15-11(18)8-4-5-9(14)17-16-8/h1-5H,(H2,14,17)(H,15,18). The van der Waals surface area contributed by atoms with Crippen molar-refractivity contribution in [3.05, 3.63) is 46.9 Å². The summed E-state index contributed by atoms with van der Waals surface area (Å²) in [6.07, 6.45) is 0. The lowest BCUT2D eigenvalue weighted by atomic mass is 10.3. The van der Waals surface area contributed by atoms with Gasteiger partial charge >= 0.3 is 0 Å². The first-order valence-corrected chi connectivity index (χ1v) is 5.30. The van der Waals surface area contributed by atoms with Gasteiger partial charge < -0.3 is 11.1 Å². The molecule has 18 heavy (non-hydrogen) atoms. The van der Waals surface area contributed by atoms with Gasteiger partial charge in [0.2, 0.25) is 0 Å². The Morgan fingerprint density at radius 2 is 2.06 bits per heavy atom. The summed E-state index contributed by atoms with van der Waals surface area (Å²) in [6, 6.07) is 6.90. The number of nitrogens with zero attached hydrogens (tertiary/aromatic N) is 2. The number of halogens is 2. The average molecular weight is 267 g/mol. The number of rotatable bonds is 2. The van der Waals surface area contributed by atoms with Crippen molar-refractivity contribution in [2.45, 2.75) is 0 Å². The van der Waals surface area contributed by atoms with Crippen LogP contribution in [0.1, 0.15) is 10.5 Å². The fourth-order valence-electron chi connectivity index (χ4n) is 1.26. The summed E-state index contributed by atoms with van der Waals surface area (Å²) in [5.74, 6) is -1.05. The van der Waals surface area contributed by atoms with Crippen LogP contribution in [0.2, 0.25) is 5.02 Å². The molecule has 1 heterocycles. The van der Waals surface area contributed by atoms with Crippen LogP contribution in [0.5, 0.6) is 0 Å². The number of nitrogen functional groups attached to an aromatic ring is 1. The van der Waals surface area contributed by atoms with E-state index in [-0.39, 0.29) is 22.2 Å². The first kappa shape index (κ1) is 12.3. The van der Waals surface area contributed by atoms with Gasteiger partial charge in [-0.25, -0.2) is 4.39 Å². The fraction of sp³-hybridized carbons (Fsp3) is 0. The smallest absolute Gasteiger partial charge is 0.276 e. The number of amides is 1. The van der Waals surface area contributed by atoms with E-state index in [4.69, 9.17) is 17.3 Å².